The Labute approximate surface area is 283 Å². The molecule has 1 aliphatic heterocycles. The summed E-state index contributed by atoms with van der Waals surface area (Å²) in [5, 5.41) is 11.5. The normalized spacial score (nSPS) is 14.2. The van der Waals surface area contributed by atoms with Crippen molar-refractivity contribution in [3.05, 3.63) is 156 Å². The molecule has 0 aliphatic carbocycles. The summed E-state index contributed by atoms with van der Waals surface area (Å²) in [7, 11) is -4.43. The molecule has 48 heavy (non-hydrogen) atoms. The quantitative estimate of drug-likeness (QED) is 0.114. The van der Waals surface area contributed by atoms with Crippen LogP contribution in [-0.2, 0) is 14.8 Å². The van der Waals surface area contributed by atoms with Gasteiger partial charge in [-0.3, -0.25) is 24.4 Å². The summed E-state index contributed by atoms with van der Waals surface area (Å²) in [4.78, 5) is 47.1. The van der Waals surface area contributed by atoms with Crippen molar-refractivity contribution < 1.29 is 18.1 Å². The minimum Gasteiger partial charge on any atom is -0.277 e. The van der Waals surface area contributed by atoms with Crippen molar-refractivity contribution in [2.45, 2.75) is 11.8 Å². The van der Waals surface area contributed by atoms with Crippen LogP contribution in [0, 0.1) is 17.0 Å². The predicted octanol–water partition coefficient (Wildman–Crippen LogP) is 6.24. The van der Waals surface area contributed by atoms with Gasteiger partial charge in [0.05, 0.1) is 36.5 Å². The molecule has 5 aromatic rings. The highest BCUT2D eigenvalue weighted by Crippen LogP contribution is 2.36. The van der Waals surface area contributed by atoms with Crippen molar-refractivity contribution in [3.8, 4) is 0 Å². The summed E-state index contributed by atoms with van der Waals surface area (Å²) in [6.07, 6.45) is 5.03. The molecule has 1 aromatic heterocycles. The molecule has 2 heterocycles. The van der Waals surface area contributed by atoms with Crippen molar-refractivity contribution >= 4 is 73.3 Å². The number of carbonyl (C=O) groups excluding carboxylic acids is 1. The minimum atomic E-state index is -4.43. The van der Waals surface area contributed by atoms with Crippen molar-refractivity contribution in [1.29, 1.82) is 0 Å². The van der Waals surface area contributed by atoms with Crippen LogP contribution in [-0.4, -0.2) is 34.7 Å². The molecule has 0 atom stereocenters. The number of amides is 1. The van der Waals surface area contributed by atoms with Gasteiger partial charge in [-0.05, 0) is 36.8 Å². The summed E-state index contributed by atoms with van der Waals surface area (Å²) in [6.45, 7) is 1.54. The molecule has 0 saturated heterocycles. The standard InChI is InChI=1S/C33H22Cl2N6O6S/c1-20-36-28-16-15-24(48(46,47)38-30-26(34)17-23(41(44)45)18-27(30)35)19-25(28)32(42)39(20)40-31(22-12-6-3-7-13-22)37-29(33(40)43)14-8-11-21-9-4-2-5-10-21/h2-19,38H,1H3. The summed E-state index contributed by atoms with van der Waals surface area (Å²) in [5.41, 5.74) is 0.240. The van der Waals surface area contributed by atoms with Crippen LogP contribution >= 0.6 is 23.2 Å². The van der Waals surface area contributed by atoms with Crippen LogP contribution in [0.4, 0.5) is 11.4 Å². The number of carbonyl (C=O) groups is 1. The number of non-ortho nitro benzene ring substituents is 1. The van der Waals surface area contributed by atoms with Crippen LogP contribution in [0.3, 0.4) is 0 Å². The number of sulfonamides is 1. The van der Waals surface area contributed by atoms with Gasteiger partial charge in [-0.2, -0.15) is 9.69 Å². The number of aliphatic imine (C=N–C) groups is 1. The van der Waals surface area contributed by atoms with Gasteiger partial charge < -0.3 is 0 Å². The molecule has 15 heteroatoms. The van der Waals surface area contributed by atoms with Crippen LogP contribution in [0.25, 0.3) is 17.0 Å². The fourth-order valence-electron chi connectivity index (χ4n) is 4.92. The highest BCUT2D eigenvalue weighted by Gasteiger charge is 2.35. The Morgan fingerprint density at radius 2 is 1.56 bits per heavy atom. The van der Waals surface area contributed by atoms with E-state index in [1.54, 1.807) is 43.3 Å². The molecule has 6 rings (SSSR count). The third kappa shape index (κ3) is 6.21. The molecule has 0 saturated carbocycles. The second kappa shape index (κ2) is 12.9. The van der Waals surface area contributed by atoms with Crippen LogP contribution in [0.5, 0.6) is 0 Å². The maximum atomic E-state index is 14.1. The highest BCUT2D eigenvalue weighted by atomic mass is 35.5. The number of nitro groups is 1. The monoisotopic (exact) mass is 700 g/mol. The highest BCUT2D eigenvalue weighted by molar-refractivity contribution is 7.92. The fraction of sp³-hybridized carbons (Fsp3) is 0.0303. The van der Waals surface area contributed by atoms with Gasteiger partial charge in [-0.1, -0.05) is 96.0 Å². The van der Waals surface area contributed by atoms with Crippen LogP contribution in [0.2, 0.25) is 10.0 Å². The van der Waals surface area contributed by atoms with Gasteiger partial charge in [0.15, 0.2) is 5.84 Å². The Bertz CT molecular complexity index is 2370. The molecule has 0 spiro atoms. The van der Waals surface area contributed by atoms with Gasteiger partial charge in [0.2, 0.25) is 0 Å². The van der Waals surface area contributed by atoms with E-state index in [0.717, 1.165) is 33.4 Å². The van der Waals surface area contributed by atoms with E-state index in [0.29, 0.717) is 5.56 Å². The molecule has 0 radical (unpaired) electrons. The van der Waals surface area contributed by atoms with E-state index in [2.05, 4.69) is 14.7 Å². The van der Waals surface area contributed by atoms with E-state index in [-0.39, 0.29) is 48.9 Å². The zero-order chi connectivity index (χ0) is 34.2. The number of nitro benzene ring substituents is 1. The number of anilines is 1. The van der Waals surface area contributed by atoms with Crippen LogP contribution in [0.15, 0.2) is 124 Å². The first kappa shape index (κ1) is 32.3. The predicted molar refractivity (Wildman–Crippen MR) is 184 cm³/mol. The van der Waals surface area contributed by atoms with E-state index in [1.807, 2.05) is 36.4 Å². The van der Waals surface area contributed by atoms with E-state index in [1.165, 1.54) is 18.2 Å². The number of benzene rings is 4. The SMILES string of the molecule is Cc1nc2ccc(S(=O)(=O)Nc3c(Cl)cc([N+](=O)[O-])cc3Cl)cc2c(=O)n1N1C(=O)C(=CC=Cc2ccccc2)N=C1c1ccccc1. The molecule has 0 bridgehead atoms. The van der Waals surface area contributed by atoms with Gasteiger partial charge in [-0.15, -0.1) is 0 Å². The first-order valence-electron chi connectivity index (χ1n) is 14.1. The Morgan fingerprint density at radius 1 is 0.917 bits per heavy atom. The average Bonchev–Trinajstić information content (AvgIpc) is 3.38. The topological polar surface area (TPSA) is 157 Å². The maximum absolute atomic E-state index is 14.1. The number of amidine groups is 1. The van der Waals surface area contributed by atoms with Crippen LogP contribution < -0.4 is 15.3 Å². The largest absolute Gasteiger partial charge is 0.297 e. The lowest BCUT2D eigenvalue weighted by atomic mass is 10.2. The number of nitrogens with one attached hydrogen (secondary N) is 1. The molecule has 240 valence electrons. The Morgan fingerprint density at radius 3 is 2.21 bits per heavy atom. The second-order valence-electron chi connectivity index (χ2n) is 10.3. The molecular weight excluding hydrogens is 679 g/mol. The number of fused-ring (bicyclic) bond motifs is 1. The molecule has 4 aromatic carbocycles. The lowest BCUT2D eigenvalue weighted by molar-refractivity contribution is -0.384. The number of aryl methyl sites for hydroxylation is 1. The third-order valence-electron chi connectivity index (χ3n) is 7.18. The van der Waals surface area contributed by atoms with Crippen molar-refractivity contribution in [3.63, 3.8) is 0 Å². The number of nitrogens with zero attached hydrogens (tertiary/aromatic N) is 5. The Balaban J connectivity index is 1.43. The number of allylic oxidation sites excluding steroid dienone is 2. The van der Waals surface area contributed by atoms with Crippen molar-refractivity contribution in [1.82, 2.24) is 9.66 Å². The summed E-state index contributed by atoms with van der Waals surface area (Å²) >= 11 is 12.2. The van der Waals surface area contributed by atoms with Gasteiger partial charge in [-0.25, -0.2) is 18.4 Å². The molecule has 1 N–H and O–H groups in total. The molecule has 1 aliphatic rings. The number of hydrogen-bond acceptors (Lipinski definition) is 8. The number of aromatic nitrogens is 2. The second-order valence-corrected chi connectivity index (χ2v) is 12.8. The summed E-state index contributed by atoms with van der Waals surface area (Å²) < 4.78 is 30.1. The molecule has 1 amide bonds. The molecule has 0 fully saturated rings. The van der Waals surface area contributed by atoms with Crippen LogP contribution in [0.1, 0.15) is 17.0 Å². The fourth-order valence-corrected chi connectivity index (χ4v) is 6.73. The molecular formula is C33H22Cl2N6O6S. The zero-order valence-electron chi connectivity index (χ0n) is 24.7. The van der Waals surface area contributed by atoms with E-state index >= 15 is 0 Å². The first-order valence-corrected chi connectivity index (χ1v) is 16.3. The minimum absolute atomic E-state index is 0.0600. The Hall–Kier alpha value is -5.63. The first-order chi connectivity index (χ1) is 22.9. The smallest absolute Gasteiger partial charge is 0.277 e. The zero-order valence-corrected chi connectivity index (χ0v) is 27.1. The summed E-state index contributed by atoms with van der Waals surface area (Å²) in [6, 6.07) is 23.9. The van der Waals surface area contributed by atoms with E-state index in [9.17, 15) is 28.1 Å². The van der Waals surface area contributed by atoms with Crippen molar-refractivity contribution in [2.24, 2.45) is 4.99 Å². The molecule has 0 unspecified atom stereocenters. The Kier molecular flexibility index (Phi) is 8.67. The lowest BCUT2D eigenvalue weighted by Gasteiger charge is -2.22. The average molecular weight is 702 g/mol. The maximum Gasteiger partial charge on any atom is 0.297 e. The molecule has 12 nitrogen and oxygen atoms in total. The number of halogens is 2. The van der Waals surface area contributed by atoms with Crippen molar-refractivity contribution in [2.75, 3.05) is 9.73 Å². The van der Waals surface area contributed by atoms with Gasteiger partial charge in [0.25, 0.3) is 27.2 Å². The van der Waals surface area contributed by atoms with Gasteiger partial charge >= 0.3 is 0 Å². The lowest BCUT2D eigenvalue weighted by Crippen LogP contribution is -2.49. The number of hydrogen-bond donors (Lipinski definition) is 1. The third-order valence-corrected chi connectivity index (χ3v) is 9.12. The van der Waals surface area contributed by atoms with Gasteiger partial charge in [0.1, 0.15) is 11.5 Å². The van der Waals surface area contributed by atoms with E-state index < -0.39 is 32.1 Å². The van der Waals surface area contributed by atoms with Gasteiger partial charge in [0, 0.05) is 17.7 Å². The number of rotatable bonds is 8. The van der Waals surface area contributed by atoms with E-state index in [4.69, 9.17) is 23.2 Å². The summed E-state index contributed by atoms with van der Waals surface area (Å²) in [5.74, 6) is -0.297.